The van der Waals surface area contributed by atoms with E-state index in [0.29, 0.717) is 30.0 Å². The van der Waals surface area contributed by atoms with E-state index in [4.69, 9.17) is 12.2 Å². The van der Waals surface area contributed by atoms with E-state index in [0.717, 1.165) is 5.82 Å². The Labute approximate surface area is 180 Å². The lowest BCUT2D eigenvalue weighted by molar-refractivity contribution is 0.0953. The highest BCUT2D eigenvalue weighted by molar-refractivity contribution is 7.92. The molecule has 30 heavy (non-hydrogen) atoms. The molecule has 0 aliphatic rings. The summed E-state index contributed by atoms with van der Waals surface area (Å²) >= 11 is 5.15. The van der Waals surface area contributed by atoms with Crippen molar-refractivity contribution < 1.29 is 13.2 Å². The molecule has 0 radical (unpaired) electrons. The Morgan fingerprint density at radius 1 is 1.20 bits per heavy atom. The van der Waals surface area contributed by atoms with Crippen LogP contribution < -0.4 is 9.62 Å². The number of sulfonamides is 1. The molecule has 1 heterocycles. The number of amides is 1. The Morgan fingerprint density at radius 2 is 1.93 bits per heavy atom. The molecule has 0 fully saturated rings. The van der Waals surface area contributed by atoms with Crippen LogP contribution in [0.4, 0.5) is 5.69 Å². The summed E-state index contributed by atoms with van der Waals surface area (Å²) in [6.07, 6.45) is 0.501. The second kappa shape index (κ2) is 9.23. The van der Waals surface area contributed by atoms with Crippen LogP contribution in [0.5, 0.6) is 0 Å². The third-order valence-electron chi connectivity index (χ3n) is 4.66. The predicted octanol–water partition coefficient (Wildman–Crippen LogP) is 2.76. The van der Waals surface area contributed by atoms with E-state index >= 15 is 0 Å². The van der Waals surface area contributed by atoms with Gasteiger partial charge in [-0.2, -0.15) is 5.10 Å². The van der Waals surface area contributed by atoms with Crippen molar-refractivity contribution in [1.82, 2.24) is 20.1 Å². The Morgan fingerprint density at radius 3 is 2.63 bits per heavy atom. The zero-order chi connectivity index (χ0) is 21.7. The van der Waals surface area contributed by atoms with Gasteiger partial charge in [0.15, 0.2) is 4.77 Å². The molecule has 0 atom stereocenters. The van der Waals surface area contributed by atoms with Gasteiger partial charge in [-0.15, -0.1) is 0 Å². The number of hydrogen-bond acceptors (Lipinski definition) is 5. The first-order chi connectivity index (χ1) is 14.3. The van der Waals surface area contributed by atoms with Crippen molar-refractivity contribution in [3.63, 3.8) is 0 Å². The van der Waals surface area contributed by atoms with E-state index in [1.165, 1.54) is 23.5 Å². The minimum Gasteiger partial charge on any atom is -0.352 e. The summed E-state index contributed by atoms with van der Waals surface area (Å²) in [5, 5.41) is 9.70. The second-order valence-electron chi connectivity index (χ2n) is 6.53. The van der Waals surface area contributed by atoms with Crippen molar-refractivity contribution >= 4 is 33.8 Å². The van der Waals surface area contributed by atoms with E-state index in [1.54, 1.807) is 36.4 Å². The van der Waals surface area contributed by atoms with E-state index in [9.17, 15) is 13.2 Å². The molecule has 3 rings (SSSR count). The number of nitrogens with zero attached hydrogens (tertiary/aromatic N) is 3. The molecule has 0 aliphatic heterocycles. The largest absolute Gasteiger partial charge is 0.352 e. The zero-order valence-electron chi connectivity index (χ0n) is 16.7. The normalized spacial score (nSPS) is 11.3. The number of hydrogen-bond donors (Lipinski definition) is 2. The van der Waals surface area contributed by atoms with Gasteiger partial charge in [-0.25, -0.2) is 8.42 Å². The summed E-state index contributed by atoms with van der Waals surface area (Å²) in [6, 6.07) is 14.8. The predicted molar refractivity (Wildman–Crippen MR) is 118 cm³/mol. The maximum Gasteiger partial charge on any atom is 0.264 e. The Bertz CT molecular complexity index is 1190. The monoisotopic (exact) mass is 445 g/mol. The van der Waals surface area contributed by atoms with E-state index in [2.05, 4.69) is 15.5 Å². The van der Waals surface area contributed by atoms with Gasteiger partial charge < -0.3 is 9.88 Å². The van der Waals surface area contributed by atoms with Gasteiger partial charge in [0.05, 0.1) is 10.6 Å². The minimum absolute atomic E-state index is 0.0494. The highest BCUT2D eigenvalue weighted by Gasteiger charge is 2.22. The molecule has 0 saturated carbocycles. The molecule has 1 aromatic heterocycles. The lowest BCUT2D eigenvalue weighted by atomic mass is 10.2. The Hall–Kier alpha value is -2.98. The quantitative estimate of drug-likeness (QED) is 0.520. The van der Waals surface area contributed by atoms with Crippen LogP contribution in [0.2, 0.25) is 0 Å². The molecule has 3 aromatic rings. The fraction of sp³-hybridized carbons (Fsp3) is 0.250. The van der Waals surface area contributed by atoms with Crippen LogP contribution >= 0.6 is 12.2 Å². The van der Waals surface area contributed by atoms with Gasteiger partial charge in [-0.3, -0.25) is 14.2 Å². The third-order valence-corrected chi connectivity index (χ3v) is 6.76. The maximum absolute atomic E-state index is 12.9. The smallest absolute Gasteiger partial charge is 0.264 e. The summed E-state index contributed by atoms with van der Waals surface area (Å²) in [4.78, 5) is 12.6. The number of benzene rings is 2. The first-order valence-corrected chi connectivity index (χ1v) is 11.3. The number of carbonyl (C=O) groups excluding carboxylic acids is 1. The molecular weight excluding hydrogens is 422 g/mol. The van der Waals surface area contributed by atoms with Crippen LogP contribution in [-0.2, 0) is 23.0 Å². The molecule has 2 N–H and O–H groups in total. The summed E-state index contributed by atoms with van der Waals surface area (Å²) in [6.45, 7) is 3.00. The molecule has 0 spiro atoms. The van der Waals surface area contributed by atoms with Crippen LogP contribution in [-0.4, -0.2) is 42.7 Å². The maximum atomic E-state index is 12.9. The first-order valence-electron chi connectivity index (χ1n) is 9.41. The molecule has 2 aromatic carbocycles. The van der Waals surface area contributed by atoms with Crippen molar-refractivity contribution in [3.05, 3.63) is 70.8 Å². The SMILES string of the molecule is CCn1c(CCNC(=O)c2cccc(S(=O)(=O)N(C)c3ccccc3)c2)n[nH]c1=S. The molecule has 0 unspecified atom stereocenters. The second-order valence-corrected chi connectivity index (χ2v) is 8.89. The fourth-order valence-electron chi connectivity index (χ4n) is 2.99. The number of anilines is 1. The lowest BCUT2D eigenvalue weighted by Gasteiger charge is -2.19. The van der Waals surface area contributed by atoms with E-state index < -0.39 is 10.0 Å². The minimum atomic E-state index is -3.79. The third kappa shape index (κ3) is 4.60. The first kappa shape index (κ1) is 21.7. The van der Waals surface area contributed by atoms with Crippen LogP contribution in [0.25, 0.3) is 0 Å². The van der Waals surface area contributed by atoms with E-state index in [1.807, 2.05) is 17.6 Å². The number of rotatable bonds is 8. The molecule has 158 valence electrons. The van der Waals surface area contributed by atoms with Gasteiger partial charge in [0, 0.05) is 32.1 Å². The highest BCUT2D eigenvalue weighted by Crippen LogP contribution is 2.22. The summed E-state index contributed by atoms with van der Waals surface area (Å²) in [7, 11) is -2.31. The van der Waals surface area contributed by atoms with Gasteiger partial charge in [-0.1, -0.05) is 24.3 Å². The molecule has 0 saturated heterocycles. The topological polar surface area (TPSA) is 100 Å². The van der Waals surface area contributed by atoms with Crippen LogP contribution in [0.15, 0.2) is 59.5 Å². The molecule has 1 amide bonds. The number of nitrogens with one attached hydrogen (secondary N) is 2. The Kier molecular flexibility index (Phi) is 6.68. The van der Waals surface area contributed by atoms with Crippen LogP contribution in [0.3, 0.4) is 0 Å². The van der Waals surface area contributed by atoms with Crippen molar-refractivity contribution in [2.75, 3.05) is 17.9 Å². The number of aromatic nitrogens is 3. The molecule has 8 nitrogen and oxygen atoms in total. The highest BCUT2D eigenvalue weighted by atomic mass is 32.2. The van der Waals surface area contributed by atoms with Crippen molar-refractivity contribution in [2.45, 2.75) is 24.8 Å². The van der Waals surface area contributed by atoms with E-state index in [-0.39, 0.29) is 16.4 Å². The van der Waals surface area contributed by atoms with Crippen molar-refractivity contribution in [2.24, 2.45) is 0 Å². The molecule has 0 aliphatic carbocycles. The summed E-state index contributed by atoms with van der Waals surface area (Å²) < 4.78 is 29.5. The number of carbonyl (C=O) groups is 1. The van der Waals surface area contributed by atoms with Gasteiger partial charge in [0.1, 0.15) is 5.82 Å². The number of para-hydroxylation sites is 1. The fourth-order valence-corrected chi connectivity index (χ4v) is 4.51. The van der Waals surface area contributed by atoms with Gasteiger partial charge in [0.2, 0.25) is 0 Å². The summed E-state index contributed by atoms with van der Waals surface area (Å²) in [5.74, 6) is 0.398. The average Bonchev–Trinajstić information content (AvgIpc) is 3.13. The summed E-state index contributed by atoms with van der Waals surface area (Å²) in [5.41, 5.74) is 0.809. The lowest BCUT2D eigenvalue weighted by Crippen LogP contribution is -2.28. The van der Waals surface area contributed by atoms with Crippen molar-refractivity contribution in [1.29, 1.82) is 0 Å². The Balaban J connectivity index is 1.71. The van der Waals surface area contributed by atoms with Gasteiger partial charge in [0.25, 0.3) is 15.9 Å². The van der Waals surface area contributed by atoms with Gasteiger partial charge >= 0.3 is 0 Å². The number of aromatic amines is 1. The van der Waals surface area contributed by atoms with Crippen LogP contribution in [0.1, 0.15) is 23.1 Å². The number of H-pyrrole nitrogens is 1. The molecular formula is C20H23N5O3S2. The van der Waals surface area contributed by atoms with Gasteiger partial charge in [-0.05, 0) is 49.5 Å². The van der Waals surface area contributed by atoms with Crippen molar-refractivity contribution in [3.8, 4) is 0 Å². The zero-order valence-corrected chi connectivity index (χ0v) is 18.3. The average molecular weight is 446 g/mol. The standard InChI is InChI=1S/C20H23N5O3S2/c1-3-25-18(22-23-20(25)29)12-13-21-19(26)15-8-7-11-17(14-15)30(27,28)24(2)16-9-5-4-6-10-16/h4-11,14H,3,12-13H2,1-2H3,(H,21,26)(H,23,29). The molecule has 0 bridgehead atoms. The van der Waals surface area contributed by atoms with Crippen LogP contribution in [0, 0.1) is 4.77 Å². The molecule has 10 heteroatoms.